The lowest BCUT2D eigenvalue weighted by atomic mass is 10.1. The van der Waals surface area contributed by atoms with Crippen LogP contribution in [0, 0.1) is 6.92 Å². The van der Waals surface area contributed by atoms with Crippen molar-refractivity contribution in [2.75, 3.05) is 7.11 Å². The number of aryl methyl sites for hydroxylation is 1. The van der Waals surface area contributed by atoms with Crippen LogP contribution in [0.1, 0.15) is 39.7 Å². The molecule has 1 aliphatic rings. The molecule has 1 aromatic carbocycles. The first kappa shape index (κ1) is 13.1. The van der Waals surface area contributed by atoms with Gasteiger partial charge < -0.3 is 9.84 Å². The van der Waals surface area contributed by atoms with Gasteiger partial charge >= 0.3 is 5.97 Å². The highest BCUT2D eigenvalue weighted by molar-refractivity contribution is 7.17. The molecule has 0 saturated heterocycles. The van der Waals surface area contributed by atoms with Crippen LogP contribution in [0.5, 0.6) is 5.75 Å². The van der Waals surface area contributed by atoms with Gasteiger partial charge in [0.15, 0.2) is 0 Å². The third-order valence-electron chi connectivity index (χ3n) is 3.45. The van der Waals surface area contributed by atoms with Crippen LogP contribution < -0.4 is 4.74 Å². The predicted octanol–water partition coefficient (Wildman–Crippen LogP) is 3.70. The molecule has 2 aromatic rings. The van der Waals surface area contributed by atoms with Gasteiger partial charge in [0, 0.05) is 11.5 Å². The Morgan fingerprint density at radius 3 is 2.75 bits per heavy atom. The van der Waals surface area contributed by atoms with Gasteiger partial charge in [-0.3, -0.25) is 0 Å². The number of aromatic carboxylic acids is 1. The maximum absolute atomic E-state index is 11.3. The second-order valence-corrected chi connectivity index (χ2v) is 6.00. The Morgan fingerprint density at radius 2 is 2.20 bits per heavy atom. The highest BCUT2D eigenvalue weighted by Crippen LogP contribution is 2.44. The van der Waals surface area contributed by atoms with E-state index < -0.39 is 5.97 Å². The lowest BCUT2D eigenvalue weighted by Gasteiger charge is -2.05. The first-order valence-electron chi connectivity index (χ1n) is 6.49. The van der Waals surface area contributed by atoms with Gasteiger partial charge in [-0.1, -0.05) is 0 Å². The number of thiazole rings is 1. The molecule has 20 heavy (non-hydrogen) atoms. The Bertz CT molecular complexity index is 674. The number of carboxylic acids is 1. The first-order valence-corrected chi connectivity index (χ1v) is 7.31. The molecular formula is C15H15NO3S. The number of methoxy groups -OCH3 is 1. The van der Waals surface area contributed by atoms with Crippen molar-refractivity contribution >= 4 is 17.3 Å². The number of nitrogens with zero attached hydrogens (tertiary/aromatic N) is 1. The fourth-order valence-corrected chi connectivity index (χ4v) is 3.24. The van der Waals surface area contributed by atoms with Crippen LogP contribution in [-0.2, 0) is 0 Å². The maximum atomic E-state index is 11.3. The topological polar surface area (TPSA) is 59.4 Å². The smallest absolute Gasteiger partial charge is 0.347 e. The summed E-state index contributed by atoms with van der Waals surface area (Å²) in [4.78, 5) is 16.3. The number of ether oxygens (including phenoxy) is 1. The van der Waals surface area contributed by atoms with E-state index in [4.69, 9.17) is 4.74 Å². The van der Waals surface area contributed by atoms with Gasteiger partial charge in [-0.2, -0.15) is 0 Å². The Morgan fingerprint density at radius 1 is 1.45 bits per heavy atom. The Labute approximate surface area is 121 Å². The Hall–Kier alpha value is -1.88. The number of rotatable bonds is 4. The van der Waals surface area contributed by atoms with Crippen LogP contribution in [0.3, 0.4) is 0 Å². The van der Waals surface area contributed by atoms with Crippen molar-refractivity contribution in [3.63, 3.8) is 0 Å². The fourth-order valence-electron chi connectivity index (χ4n) is 2.25. The molecule has 0 bridgehead atoms. The molecule has 0 radical (unpaired) electrons. The Kier molecular flexibility index (Phi) is 3.22. The summed E-state index contributed by atoms with van der Waals surface area (Å²) in [6, 6.07) is 5.80. The molecule has 1 aromatic heterocycles. The predicted molar refractivity (Wildman–Crippen MR) is 77.8 cm³/mol. The van der Waals surface area contributed by atoms with E-state index in [-0.39, 0.29) is 0 Å². The zero-order valence-corrected chi connectivity index (χ0v) is 12.2. The monoisotopic (exact) mass is 289 g/mol. The van der Waals surface area contributed by atoms with Gasteiger partial charge in [-0.25, -0.2) is 9.78 Å². The van der Waals surface area contributed by atoms with Crippen molar-refractivity contribution in [2.24, 2.45) is 0 Å². The molecule has 3 rings (SSSR count). The van der Waals surface area contributed by atoms with Crippen LogP contribution in [0.4, 0.5) is 0 Å². The molecule has 4 nitrogen and oxygen atoms in total. The zero-order chi connectivity index (χ0) is 14.3. The molecule has 1 saturated carbocycles. The SMILES string of the molecule is COc1ccc(-c2nc(C3CC3)c(C(=O)O)s2)cc1C. The number of hydrogen-bond acceptors (Lipinski definition) is 4. The van der Waals surface area contributed by atoms with Crippen LogP contribution >= 0.6 is 11.3 Å². The number of carbonyl (C=O) groups is 1. The van der Waals surface area contributed by atoms with E-state index in [1.54, 1.807) is 7.11 Å². The van der Waals surface area contributed by atoms with E-state index in [2.05, 4.69) is 4.98 Å². The summed E-state index contributed by atoms with van der Waals surface area (Å²) in [5, 5.41) is 10.1. The van der Waals surface area contributed by atoms with E-state index in [9.17, 15) is 9.90 Å². The molecule has 104 valence electrons. The van der Waals surface area contributed by atoms with Crippen LogP contribution in [0.25, 0.3) is 10.6 Å². The average Bonchev–Trinajstić information content (AvgIpc) is 3.17. The van der Waals surface area contributed by atoms with Gasteiger partial charge in [0.05, 0.1) is 12.8 Å². The number of hydrogen-bond donors (Lipinski definition) is 1. The maximum Gasteiger partial charge on any atom is 0.347 e. The minimum absolute atomic E-state index is 0.338. The van der Waals surface area contributed by atoms with E-state index in [1.807, 2.05) is 25.1 Å². The normalized spacial score (nSPS) is 14.3. The summed E-state index contributed by atoms with van der Waals surface area (Å²) in [5.41, 5.74) is 2.72. The lowest BCUT2D eigenvalue weighted by Crippen LogP contribution is -1.97. The van der Waals surface area contributed by atoms with Gasteiger partial charge in [-0.15, -0.1) is 11.3 Å². The molecule has 1 aliphatic carbocycles. The summed E-state index contributed by atoms with van der Waals surface area (Å²) in [6.45, 7) is 1.97. The summed E-state index contributed by atoms with van der Waals surface area (Å²) in [5.74, 6) is 0.289. The van der Waals surface area contributed by atoms with Crippen LogP contribution in [0.15, 0.2) is 18.2 Å². The van der Waals surface area contributed by atoms with Crippen molar-refractivity contribution in [3.8, 4) is 16.3 Å². The minimum Gasteiger partial charge on any atom is -0.496 e. The molecule has 0 spiro atoms. The second kappa shape index (κ2) is 4.90. The highest BCUT2D eigenvalue weighted by atomic mass is 32.1. The molecule has 1 N–H and O–H groups in total. The van der Waals surface area contributed by atoms with Crippen LogP contribution in [0.2, 0.25) is 0 Å². The highest BCUT2D eigenvalue weighted by Gasteiger charge is 2.32. The van der Waals surface area contributed by atoms with Gasteiger partial charge in [0.1, 0.15) is 15.6 Å². The van der Waals surface area contributed by atoms with E-state index >= 15 is 0 Å². The third kappa shape index (κ3) is 2.29. The summed E-state index contributed by atoms with van der Waals surface area (Å²) in [6.07, 6.45) is 2.09. The molecule has 0 atom stereocenters. The molecule has 0 amide bonds. The third-order valence-corrected chi connectivity index (χ3v) is 4.56. The van der Waals surface area contributed by atoms with Gasteiger partial charge in [0.25, 0.3) is 0 Å². The largest absolute Gasteiger partial charge is 0.496 e. The van der Waals surface area contributed by atoms with E-state index in [0.717, 1.165) is 40.4 Å². The van der Waals surface area contributed by atoms with Crippen molar-refractivity contribution < 1.29 is 14.6 Å². The number of aromatic nitrogens is 1. The van der Waals surface area contributed by atoms with Gasteiger partial charge in [0.2, 0.25) is 0 Å². The molecular weight excluding hydrogens is 274 g/mol. The quantitative estimate of drug-likeness (QED) is 0.932. The lowest BCUT2D eigenvalue weighted by molar-refractivity contribution is 0.0700. The molecule has 0 aliphatic heterocycles. The van der Waals surface area contributed by atoms with Crippen molar-refractivity contribution in [2.45, 2.75) is 25.7 Å². The summed E-state index contributed by atoms with van der Waals surface area (Å²) < 4.78 is 5.24. The van der Waals surface area contributed by atoms with Crippen molar-refractivity contribution in [1.82, 2.24) is 4.98 Å². The van der Waals surface area contributed by atoms with Crippen LogP contribution in [-0.4, -0.2) is 23.2 Å². The van der Waals surface area contributed by atoms with E-state index in [1.165, 1.54) is 11.3 Å². The molecule has 5 heteroatoms. The van der Waals surface area contributed by atoms with Crippen molar-refractivity contribution in [1.29, 1.82) is 0 Å². The standard InChI is InChI=1S/C15H15NO3S/c1-8-7-10(5-6-11(8)19-2)14-16-12(9-3-4-9)13(20-14)15(17)18/h5-7,9H,3-4H2,1-2H3,(H,17,18). The van der Waals surface area contributed by atoms with Gasteiger partial charge in [-0.05, 0) is 43.5 Å². The summed E-state index contributed by atoms with van der Waals surface area (Å²) in [7, 11) is 1.64. The minimum atomic E-state index is -0.874. The average molecular weight is 289 g/mol. The Balaban J connectivity index is 2.03. The van der Waals surface area contributed by atoms with Crippen molar-refractivity contribution in [3.05, 3.63) is 34.3 Å². The second-order valence-electron chi connectivity index (χ2n) is 5.00. The number of benzene rings is 1. The summed E-state index contributed by atoms with van der Waals surface area (Å²) >= 11 is 1.26. The molecule has 1 fully saturated rings. The zero-order valence-electron chi connectivity index (χ0n) is 11.3. The molecule has 1 heterocycles. The van der Waals surface area contributed by atoms with E-state index in [0.29, 0.717) is 10.8 Å². The molecule has 0 unspecified atom stereocenters. The first-order chi connectivity index (χ1) is 9.60. The number of carboxylic acid groups (broad SMARTS) is 1. The fraction of sp³-hybridized carbons (Fsp3) is 0.333.